The SMILES string of the molecule is Cc1cc(NC(=O)NC(C)C(C)CO)ccc1N1CCCC1. The number of amides is 2. The molecular weight excluding hydrogens is 278 g/mol. The van der Waals surface area contributed by atoms with Crippen LogP contribution in [0.1, 0.15) is 32.3 Å². The summed E-state index contributed by atoms with van der Waals surface area (Å²) in [5.41, 5.74) is 3.23. The Bertz CT molecular complexity index is 513. The number of urea groups is 1. The third-order valence-electron chi connectivity index (χ3n) is 4.40. The van der Waals surface area contributed by atoms with Gasteiger partial charge >= 0.3 is 6.03 Å². The molecule has 0 radical (unpaired) electrons. The van der Waals surface area contributed by atoms with Crippen LogP contribution < -0.4 is 15.5 Å². The molecule has 1 aliphatic heterocycles. The van der Waals surface area contributed by atoms with Gasteiger partial charge < -0.3 is 20.6 Å². The Morgan fingerprint density at radius 3 is 2.59 bits per heavy atom. The Kier molecular flexibility index (Phi) is 5.66. The minimum atomic E-state index is -0.235. The standard InChI is InChI=1S/C17H27N3O2/c1-12-10-15(6-7-16(12)20-8-4-5-9-20)19-17(22)18-14(3)13(2)11-21/h6-7,10,13-14,21H,4-5,8-9,11H2,1-3H3,(H2,18,19,22). The highest BCUT2D eigenvalue weighted by molar-refractivity contribution is 5.89. The molecule has 122 valence electrons. The zero-order chi connectivity index (χ0) is 16.1. The van der Waals surface area contributed by atoms with Gasteiger partial charge in [0.15, 0.2) is 0 Å². The zero-order valence-corrected chi connectivity index (χ0v) is 13.7. The first-order valence-electron chi connectivity index (χ1n) is 8.05. The van der Waals surface area contributed by atoms with Gasteiger partial charge in [0.2, 0.25) is 0 Å². The van der Waals surface area contributed by atoms with Gasteiger partial charge in [0.05, 0.1) is 0 Å². The third-order valence-corrected chi connectivity index (χ3v) is 4.40. The first-order valence-corrected chi connectivity index (χ1v) is 8.05. The number of benzene rings is 1. The van der Waals surface area contributed by atoms with Crippen molar-refractivity contribution in [3.63, 3.8) is 0 Å². The number of hydrogen-bond acceptors (Lipinski definition) is 3. The van der Waals surface area contributed by atoms with Crippen LogP contribution in [0.25, 0.3) is 0 Å². The maximum absolute atomic E-state index is 12.0. The fourth-order valence-corrected chi connectivity index (χ4v) is 2.72. The number of aryl methyl sites for hydroxylation is 1. The molecule has 2 rings (SSSR count). The molecule has 2 unspecified atom stereocenters. The zero-order valence-electron chi connectivity index (χ0n) is 13.7. The van der Waals surface area contributed by atoms with Crippen LogP contribution >= 0.6 is 0 Å². The third kappa shape index (κ3) is 4.13. The van der Waals surface area contributed by atoms with Gasteiger partial charge in [-0.3, -0.25) is 0 Å². The molecule has 2 amide bonds. The summed E-state index contributed by atoms with van der Waals surface area (Å²) < 4.78 is 0. The maximum Gasteiger partial charge on any atom is 0.319 e. The van der Waals surface area contributed by atoms with Crippen LogP contribution in [-0.2, 0) is 0 Å². The first kappa shape index (κ1) is 16.6. The highest BCUT2D eigenvalue weighted by atomic mass is 16.3. The number of aliphatic hydroxyl groups excluding tert-OH is 1. The minimum Gasteiger partial charge on any atom is -0.396 e. The van der Waals surface area contributed by atoms with E-state index in [2.05, 4.69) is 28.5 Å². The molecule has 0 aliphatic carbocycles. The number of aliphatic hydroxyl groups is 1. The Morgan fingerprint density at radius 2 is 2.00 bits per heavy atom. The molecule has 0 spiro atoms. The predicted molar refractivity (Wildman–Crippen MR) is 90.5 cm³/mol. The van der Waals surface area contributed by atoms with E-state index in [4.69, 9.17) is 5.11 Å². The van der Waals surface area contributed by atoms with Gasteiger partial charge in [-0.15, -0.1) is 0 Å². The van der Waals surface area contributed by atoms with E-state index < -0.39 is 0 Å². The maximum atomic E-state index is 12.0. The number of nitrogens with one attached hydrogen (secondary N) is 2. The van der Waals surface area contributed by atoms with Gasteiger partial charge in [-0.1, -0.05) is 6.92 Å². The highest BCUT2D eigenvalue weighted by Crippen LogP contribution is 2.26. The molecule has 22 heavy (non-hydrogen) atoms. The summed E-state index contributed by atoms with van der Waals surface area (Å²) in [6.07, 6.45) is 2.51. The summed E-state index contributed by atoms with van der Waals surface area (Å²) in [7, 11) is 0. The second-order valence-electron chi connectivity index (χ2n) is 6.24. The summed E-state index contributed by atoms with van der Waals surface area (Å²) in [5.74, 6) is 0.0324. The van der Waals surface area contributed by atoms with Crippen LogP contribution in [0.2, 0.25) is 0 Å². The summed E-state index contributed by atoms with van der Waals surface area (Å²) in [6.45, 7) is 8.16. The lowest BCUT2D eigenvalue weighted by atomic mass is 10.1. The van der Waals surface area contributed by atoms with Gasteiger partial charge in [-0.05, 0) is 56.4 Å². The highest BCUT2D eigenvalue weighted by Gasteiger charge is 2.16. The van der Waals surface area contributed by atoms with Crippen molar-refractivity contribution in [3.05, 3.63) is 23.8 Å². The Balaban J connectivity index is 1.95. The molecule has 1 aromatic carbocycles. The number of carbonyl (C=O) groups excluding carboxylic acids is 1. The number of rotatable bonds is 5. The van der Waals surface area contributed by atoms with Gasteiger partial charge in [-0.2, -0.15) is 0 Å². The van der Waals surface area contributed by atoms with E-state index in [1.165, 1.54) is 24.1 Å². The van der Waals surface area contributed by atoms with Crippen molar-refractivity contribution in [1.29, 1.82) is 0 Å². The molecule has 0 bridgehead atoms. The van der Waals surface area contributed by atoms with Crippen molar-refractivity contribution in [2.45, 2.75) is 39.7 Å². The Morgan fingerprint density at radius 1 is 1.32 bits per heavy atom. The van der Waals surface area contributed by atoms with Crippen molar-refractivity contribution in [1.82, 2.24) is 5.32 Å². The number of anilines is 2. The van der Waals surface area contributed by atoms with E-state index in [-0.39, 0.29) is 24.6 Å². The molecule has 3 N–H and O–H groups in total. The van der Waals surface area contributed by atoms with E-state index in [9.17, 15) is 4.79 Å². The van der Waals surface area contributed by atoms with E-state index in [0.717, 1.165) is 18.8 Å². The quantitative estimate of drug-likeness (QED) is 0.784. The number of nitrogens with zero attached hydrogens (tertiary/aromatic N) is 1. The van der Waals surface area contributed by atoms with Crippen LogP contribution in [-0.4, -0.2) is 36.9 Å². The lowest BCUT2D eigenvalue weighted by molar-refractivity contribution is 0.204. The topological polar surface area (TPSA) is 64.6 Å². The molecule has 1 heterocycles. The second-order valence-corrected chi connectivity index (χ2v) is 6.24. The van der Waals surface area contributed by atoms with E-state index in [1.807, 2.05) is 26.0 Å². The summed E-state index contributed by atoms with van der Waals surface area (Å²) in [6, 6.07) is 5.72. The molecule has 0 aromatic heterocycles. The largest absolute Gasteiger partial charge is 0.396 e. The molecule has 0 saturated carbocycles. The molecule has 1 aliphatic rings. The van der Waals surface area contributed by atoms with Gasteiger partial charge in [0.25, 0.3) is 0 Å². The van der Waals surface area contributed by atoms with Crippen LogP contribution in [0.15, 0.2) is 18.2 Å². The molecule has 1 saturated heterocycles. The Labute approximate surface area is 132 Å². The lowest BCUT2D eigenvalue weighted by Gasteiger charge is -2.22. The van der Waals surface area contributed by atoms with Gasteiger partial charge in [0, 0.05) is 37.1 Å². The summed E-state index contributed by atoms with van der Waals surface area (Å²) >= 11 is 0. The Hall–Kier alpha value is -1.75. The molecular formula is C17H27N3O2. The molecule has 5 nitrogen and oxygen atoms in total. The van der Waals surface area contributed by atoms with Crippen molar-refractivity contribution >= 4 is 17.4 Å². The molecule has 5 heteroatoms. The van der Waals surface area contributed by atoms with E-state index in [0.29, 0.717) is 0 Å². The van der Waals surface area contributed by atoms with Crippen LogP contribution in [0.4, 0.5) is 16.2 Å². The average Bonchev–Trinajstić information content (AvgIpc) is 3.00. The monoisotopic (exact) mass is 305 g/mol. The van der Waals surface area contributed by atoms with Gasteiger partial charge in [0.1, 0.15) is 0 Å². The van der Waals surface area contributed by atoms with Crippen LogP contribution in [0.3, 0.4) is 0 Å². The molecule has 1 aromatic rings. The molecule has 1 fully saturated rings. The fraction of sp³-hybridized carbons (Fsp3) is 0.588. The van der Waals surface area contributed by atoms with E-state index in [1.54, 1.807) is 0 Å². The van der Waals surface area contributed by atoms with Crippen molar-refractivity contribution in [2.24, 2.45) is 5.92 Å². The van der Waals surface area contributed by atoms with Crippen molar-refractivity contribution in [2.75, 3.05) is 29.9 Å². The van der Waals surface area contributed by atoms with E-state index >= 15 is 0 Å². The van der Waals surface area contributed by atoms with Crippen molar-refractivity contribution < 1.29 is 9.90 Å². The smallest absolute Gasteiger partial charge is 0.319 e. The second kappa shape index (κ2) is 7.49. The number of hydrogen-bond donors (Lipinski definition) is 3. The van der Waals surface area contributed by atoms with Gasteiger partial charge in [-0.25, -0.2) is 4.79 Å². The average molecular weight is 305 g/mol. The summed E-state index contributed by atoms with van der Waals surface area (Å²) in [5, 5.41) is 14.8. The minimum absolute atomic E-state index is 0.0324. The van der Waals surface area contributed by atoms with Crippen molar-refractivity contribution in [3.8, 4) is 0 Å². The van der Waals surface area contributed by atoms with Crippen LogP contribution in [0.5, 0.6) is 0 Å². The fourth-order valence-electron chi connectivity index (χ4n) is 2.72. The summed E-state index contributed by atoms with van der Waals surface area (Å²) in [4.78, 5) is 14.4. The lowest BCUT2D eigenvalue weighted by Crippen LogP contribution is -2.40. The predicted octanol–water partition coefficient (Wildman–Crippen LogP) is 2.73. The first-order chi connectivity index (χ1) is 10.5. The number of carbonyl (C=O) groups is 1. The molecule has 2 atom stereocenters. The van der Waals surface area contributed by atoms with Crippen LogP contribution in [0, 0.1) is 12.8 Å². The normalized spacial score (nSPS) is 17.2.